The van der Waals surface area contributed by atoms with Crippen molar-refractivity contribution in [1.82, 2.24) is 5.32 Å². The van der Waals surface area contributed by atoms with Crippen molar-refractivity contribution in [2.45, 2.75) is 91.6 Å². The highest BCUT2D eigenvalue weighted by Gasteiger charge is 2.41. The third-order valence-electron chi connectivity index (χ3n) is 5.44. The summed E-state index contributed by atoms with van der Waals surface area (Å²) in [5.41, 5.74) is 0. The van der Waals surface area contributed by atoms with Crippen LogP contribution in [0.4, 0.5) is 0 Å². The lowest BCUT2D eigenvalue weighted by Gasteiger charge is -2.39. The number of quaternary nitrogens is 1. The topological polar surface area (TPSA) is 41.5 Å². The molecule has 1 amide bonds. The molecule has 1 aliphatic heterocycles. The Labute approximate surface area is 155 Å². The van der Waals surface area contributed by atoms with Gasteiger partial charge in [-0.3, -0.25) is 9.28 Å². The smallest absolute Gasteiger partial charge is 0.221 e. The number of nitrogens with zero attached hydrogens (tertiary/aromatic N) is 2. The average Bonchev–Trinajstić information content (AvgIpc) is 3.00. The van der Waals surface area contributed by atoms with Gasteiger partial charge in [0.25, 0.3) is 0 Å². The Bertz CT molecular complexity index is 444. The van der Waals surface area contributed by atoms with Gasteiger partial charge in [-0.25, -0.2) is 4.99 Å². The fourth-order valence-corrected chi connectivity index (χ4v) is 3.84. The number of amidine groups is 1. The van der Waals surface area contributed by atoms with Gasteiger partial charge >= 0.3 is 0 Å². The largest absolute Gasteiger partial charge is 0.307 e. The van der Waals surface area contributed by atoms with Crippen molar-refractivity contribution in [3.05, 3.63) is 12.2 Å². The lowest BCUT2D eigenvalue weighted by Crippen LogP contribution is -2.62. The van der Waals surface area contributed by atoms with E-state index in [1.165, 1.54) is 57.2 Å². The predicted octanol–water partition coefficient (Wildman–Crippen LogP) is 4.80. The van der Waals surface area contributed by atoms with Gasteiger partial charge in [0.1, 0.15) is 6.54 Å². The average molecular weight is 351 g/mol. The molecular formula is C21H40N3O+. The number of allylic oxidation sites excluding steroid dienone is 2. The van der Waals surface area contributed by atoms with Gasteiger partial charge in [0.15, 0.2) is 12.0 Å². The third-order valence-corrected chi connectivity index (χ3v) is 5.44. The van der Waals surface area contributed by atoms with E-state index in [1.54, 1.807) is 6.92 Å². The minimum absolute atomic E-state index is 0.0525. The number of carbonyl (C=O) groups is 1. The molecule has 0 saturated carbocycles. The number of hydrogen-bond acceptors (Lipinski definition) is 2. The van der Waals surface area contributed by atoms with Crippen molar-refractivity contribution in [3.63, 3.8) is 0 Å². The molecule has 0 fully saturated rings. The normalized spacial score (nSPS) is 21.5. The number of rotatable bonds is 13. The van der Waals surface area contributed by atoms with E-state index in [2.05, 4.69) is 38.2 Å². The Morgan fingerprint density at radius 2 is 1.84 bits per heavy atom. The van der Waals surface area contributed by atoms with E-state index < -0.39 is 0 Å². The summed E-state index contributed by atoms with van der Waals surface area (Å²) in [6, 6.07) is 0. The van der Waals surface area contributed by atoms with Gasteiger partial charge in [0.2, 0.25) is 5.91 Å². The van der Waals surface area contributed by atoms with Crippen LogP contribution in [-0.2, 0) is 4.79 Å². The van der Waals surface area contributed by atoms with E-state index in [0.717, 1.165) is 30.5 Å². The van der Waals surface area contributed by atoms with E-state index in [-0.39, 0.29) is 12.1 Å². The highest BCUT2D eigenvalue weighted by molar-refractivity contribution is 5.78. The van der Waals surface area contributed by atoms with Crippen LogP contribution in [0.5, 0.6) is 0 Å². The first kappa shape index (κ1) is 21.9. The van der Waals surface area contributed by atoms with Gasteiger partial charge in [0.05, 0.1) is 13.1 Å². The zero-order valence-corrected chi connectivity index (χ0v) is 17.0. The summed E-state index contributed by atoms with van der Waals surface area (Å²) in [5, 5.41) is 3.09. The second-order valence-corrected chi connectivity index (χ2v) is 7.31. The van der Waals surface area contributed by atoms with E-state index in [1.807, 2.05) is 0 Å². The third kappa shape index (κ3) is 7.31. The first-order chi connectivity index (χ1) is 12.1. The predicted molar refractivity (Wildman–Crippen MR) is 108 cm³/mol. The number of likely N-dealkylation sites (N-methyl/N-ethyl adjacent to an activating group) is 1. The van der Waals surface area contributed by atoms with Gasteiger partial charge in [-0.05, 0) is 32.6 Å². The molecule has 0 aromatic carbocycles. The Balaban J connectivity index is 2.29. The van der Waals surface area contributed by atoms with E-state index in [4.69, 9.17) is 4.99 Å². The van der Waals surface area contributed by atoms with Gasteiger partial charge in [0, 0.05) is 20.3 Å². The molecule has 1 heterocycles. The molecular weight excluding hydrogens is 310 g/mol. The number of nitrogens with one attached hydrogen (secondary N) is 1. The second kappa shape index (κ2) is 12.2. The molecule has 0 aromatic heterocycles. The summed E-state index contributed by atoms with van der Waals surface area (Å²) < 4.78 is 0.847. The Morgan fingerprint density at radius 3 is 2.48 bits per heavy atom. The van der Waals surface area contributed by atoms with Crippen molar-refractivity contribution >= 4 is 11.7 Å². The van der Waals surface area contributed by atoms with Crippen LogP contribution >= 0.6 is 0 Å². The minimum Gasteiger partial charge on any atom is -0.307 e. The van der Waals surface area contributed by atoms with Crippen molar-refractivity contribution in [1.29, 1.82) is 0 Å². The molecule has 2 unspecified atom stereocenters. The molecule has 1 N–H and O–H groups in total. The molecule has 144 valence electrons. The van der Waals surface area contributed by atoms with Crippen molar-refractivity contribution in [2.24, 2.45) is 4.99 Å². The van der Waals surface area contributed by atoms with Crippen LogP contribution in [0.25, 0.3) is 0 Å². The van der Waals surface area contributed by atoms with Crippen LogP contribution in [0.1, 0.15) is 85.5 Å². The monoisotopic (exact) mass is 350 g/mol. The van der Waals surface area contributed by atoms with Crippen LogP contribution < -0.4 is 5.32 Å². The van der Waals surface area contributed by atoms with E-state index in [9.17, 15) is 4.79 Å². The molecule has 0 bridgehead atoms. The molecule has 1 aliphatic rings. The highest BCUT2D eigenvalue weighted by Crippen LogP contribution is 2.23. The zero-order chi connectivity index (χ0) is 18.5. The number of hydrogen-bond donors (Lipinski definition) is 1. The number of unbranched alkanes of at least 4 members (excludes halogenated alkanes) is 6. The number of carbonyl (C=O) groups excluding carboxylic acids is 1. The minimum atomic E-state index is 0.0525. The van der Waals surface area contributed by atoms with Crippen LogP contribution in [0.3, 0.4) is 0 Å². The van der Waals surface area contributed by atoms with E-state index >= 15 is 0 Å². The molecule has 25 heavy (non-hydrogen) atoms. The van der Waals surface area contributed by atoms with Gasteiger partial charge < -0.3 is 5.32 Å². The van der Waals surface area contributed by atoms with E-state index in [0.29, 0.717) is 0 Å². The van der Waals surface area contributed by atoms with Gasteiger partial charge in [-0.1, -0.05) is 44.8 Å². The van der Waals surface area contributed by atoms with Crippen molar-refractivity contribution in [2.75, 3.05) is 19.6 Å². The fourth-order valence-electron chi connectivity index (χ4n) is 3.84. The maximum Gasteiger partial charge on any atom is 0.221 e. The lowest BCUT2D eigenvalue weighted by atomic mass is 10.1. The first-order valence-corrected chi connectivity index (χ1v) is 10.4. The summed E-state index contributed by atoms with van der Waals surface area (Å²) in [7, 11) is 0. The van der Waals surface area contributed by atoms with Crippen LogP contribution in [0.2, 0.25) is 0 Å². The molecule has 0 spiro atoms. The number of amides is 1. The standard InChI is InChI=1S/C21H39N3O/c1-5-7-8-9-10-11-12-13-14-15-16-21-22-17-18-24(21,6-2)19(3)23-20(4)25/h9-10,19H,5-8,11-18H2,1-4H3/p+1/b10-9+. The molecule has 0 saturated heterocycles. The van der Waals surface area contributed by atoms with Crippen LogP contribution in [0.15, 0.2) is 17.1 Å². The molecule has 4 nitrogen and oxygen atoms in total. The Morgan fingerprint density at radius 1 is 1.16 bits per heavy atom. The quantitative estimate of drug-likeness (QED) is 0.289. The lowest BCUT2D eigenvalue weighted by molar-refractivity contribution is -0.861. The zero-order valence-electron chi connectivity index (χ0n) is 17.0. The first-order valence-electron chi connectivity index (χ1n) is 10.4. The molecule has 2 atom stereocenters. The number of aliphatic imine (C=N–C) groups is 1. The van der Waals surface area contributed by atoms with Gasteiger partial charge in [-0.15, -0.1) is 0 Å². The molecule has 1 rings (SSSR count). The van der Waals surface area contributed by atoms with Crippen molar-refractivity contribution < 1.29 is 9.28 Å². The molecule has 0 aliphatic carbocycles. The summed E-state index contributed by atoms with van der Waals surface area (Å²) in [6.45, 7) is 11.1. The fraction of sp³-hybridized carbons (Fsp3) is 0.810. The highest BCUT2D eigenvalue weighted by atomic mass is 16.1. The molecule has 0 aromatic rings. The summed E-state index contributed by atoms with van der Waals surface area (Å²) in [5.74, 6) is 1.35. The summed E-state index contributed by atoms with van der Waals surface area (Å²) >= 11 is 0. The summed E-state index contributed by atoms with van der Waals surface area (Å²) in [4.78, 5) is 16.2. The van der Waals surface area contributed by atoms with Crippen LogP contribution in [0, 0.1) is 0 Å². The molecule has 4 heteroatoms. The maximum atomic E-state index is 11.5. The summed E-state index contributed by atoms with van der Waals surface area (Å²) in [6.07, 6.45) is 16.0. The van der Waals surface area contributed by atoms with Crippen LogP contribution in [-0.4, -0.2) is 42.0 Å². The second-order valence-electron chi connectivity index (χ2n) is 7.31. The molecule has 0 radical (unpaired) electrons. The Hall–Kier alpha value is -1.16. The van der Waals surface area contributed by atoms with Gasteiger partial charge in [-0.2, -0.15) is 0 Å². The SMILES string of the molecule is CCCC/C=C/CCCCCCC1=NCC[N+]1(CC)C(C)NC(C)=O. The van der Waals surface area contributed by atoms with Crippen molar-refractivity contribution in [3.8, 4) is 0 Å². The maximum absolute atomic E-state index is 11.5. The Kier molecular flexibility index (Phi) is 10.7.